The third-order valence-corrected chi connectivity index (χ3v) is 6.31. The molecule has 1 unspecified atom stereocenters. The average Bonchev–Trinajstić information content (AvgIpc) is 3.48. The molecule has 1 saturated heterocycles. The standard InChI is InChI=1S/C23H26N4O3/c1-15-13-18-5-3-4-6-20(18)27(15)14-21-19(9-12-29-21)23(28)26-10-7-17(8-11-26)22-24-16(2)25-30-22/h3-6,9,12,15,17H,7-8,10-11,13-14H2,1-2H3. The molecule has 0 radical (unpaired) electrons. The average molecular weight is 406 g/mol. The van der Waals surface area contributed by atoms with Crippen molar-refractivity contribution in [1.82, 2.24) is 15.0 Å². The molecule has 1 amide bonds. The maximum Gasteiger partial charge on any atom is 0.257 e. The maximum absolute atomic E-state index is 13.2. The topological polar surface area (TPSA) is 75.6 Å². The van der Waals surface area contributed by atoms with Crippen LogP contribution in [0.25, 0.3) is 0 Å². The van der Waals surface area contributed by atoms with Crippen LogP contribution in [0.15, 0.2) is 45.5 Å². The van der Waals surface area contributed by atoms with Crippen LogP contribution in [0.3, 0.4) is 0 Å². The zero-order chi connectivity index (χ0) is 20.7. The number of carbonyl (C=O) groups is 1. The van der Waals surface area contributed by atoms with Crippen LogP contribution >= 0.6 is 0 Å². The van der Waals surface area contributed by atoms with Crippen molar-refractivity contribution in [2.45, 2.75) is 51.6 Å². The number of rotatable bonds is 4. The number of fused-ring (bicyclic) bond motifs is 1. The Morgan fingerprint density at radius 1 is 1.20 bits per heavy atom. The molecule has 0 aliphatic carbocycles. The number of furan rings is 1. The van der Waals surface area contributed by atoms with Gasteiger partial charge >= 0.3 is 0 Å². The van der Waals surface area contributed by atoms with E-state index in [0.29, 0.717) is 43.0 Å². The number of hydrogen-bond donors (Lipinski definition) is 0. The van der Waals surface area contributed by atoms with Crippen LogP contribution in [-0.2, 0) is 13.0 Å². The molecule has 1 aromatic carbocycles. The van der Waals surface area contributed by atoms with Crippen LogP contribution in [0.2, 0.25) is 0 Å². The smallest absolute Gasteiger partial charge is 0.257 e. The van der Waals surface area contributed by atoms with Crippen molar-refractivity contribution in [2.24, 2.45) is 0 Å². The van der Waals surface area contributed by atoms with E-state index < -0.39 is 0 Å². The predicted molar refractivity (Wildman–Crippen MR) is 111 cm³/mol. The molecule has 0 spiro atoms. The highest BCUT2D eigenvalue weighted by molar-refractivity contribution is 5.95. The van der Waals surface area contributed by atoms with E-state index in [1.54, 1.807) is 12.3 Å². The first kappa shape index (κ1) is 18.9. The number of nitrogens with zero attached hydrogens (tertiary/aromatic N) is 4. The lowest BCUT2D eigenvalue weighted by Crippen LogP contribution is -2.38. The van der Waals surface area contributed by atoms with Crippen LogP contribution in [0, 0.1) is 6.92 Å². The number of hydrogen-bond acceptors (Lipinski definition) is 6. The first-order valence-electron chi connectivity index (χ1n) is 10.6. The number of amides is 1. The predicted octanol–water partition coefficient (Wildman–Crippen LogP) is 3.94. The van der Waals surface area contributed by atoms with Crippen molar-refractivity contribution in [1.29, 1.82) is 0 Å². The molecular formula is C23H26N4O3. The van der Waals surface area contributed by atoms with Crippen molar-refractivity contribution in [2.75, 3.05) is 18.0 Å². The van der Waals surface area contributed by atoms with Crippen LogP contribution in [0.4, 0.5) is 5.69 Å². The summed E-state index contributed by atoms with van der Waals surface area (Å²) in [6.45, 7) is 6.00. The Balaban J connectivity index is 1.28. The SMILES string of the molecule is Cc1noc(C2CCN(C(=O)c3ccoc3CN3c4ccccc4CC3C)CC2)n1. The number of benzene rings is 1. The van der Waals surface area contributed by atoms with Gasteiger partial charge in [-0.1, -0.05) is 23.4 Å². The normalized spacial score (nSPS) is 19.3. The monoisotopic (exact) mass is 406 g/mol. The Hall–Kier alpha value is -3.09. The molecule has 0 N–H and O–H groups in total. The van der Waals surface area contributed by atoms with Gasteiger partial charge in [0, 0.05) is 30.7 Å². The van der Waals surface area contributed by atoms with Gasteiger partial charge in [-0.15, -0.1) is 0 Å². The zero-order valence-corrected chi connectivity index (χ0v) is 17.4. The maximum atomic E-state index is 13.2. The number of aryl methyl sites for hydroxylation is 1. The number of likely N-dealkylation sites (tertiary alicyclic amines) is 1. The molecule has 3 aromatic rings. The number of para-hydroxylation sites is 1. The Kier molecular flexibility index (Phi) is 4.81. The molecule has 0 saturated carbocycles. The first-order chi connectivity index (χ1) is 14.6. The van der Waals surface area contributed by atoms with Crippen molar-refractivity contribution < 1.29 is 13.7 Å². The zero-order valence-electron chi connectivity index (χ0n) is 17.4. The number of aromatic nitrogens is 2. The molecule has 30 heavy (non-hydrogen) atoms. The van der Waals surface area contributed by atoms with E-state index in [-0.39, 0.29) is 11.8 Å². The molecule has 1 atom stereocenters. The summed E-state index contributed by atoms with van der Waals surface area (Å²) >= 11 is 0. The van der Waals surface area contributed by atoms with E-state index in [4.69, 9.17) is 8.94 Å². The second-order valence-corrected chi connectivity index (χ2v) is 8.31. The number of anilines is 1. The van der Waals surface area contributed by atoms with Gasteiger partial charge in [0.1, 0.15) is 5.76 Å². The lowest BCUT2D eigenvalue weighted by atomic mass is 9.96. The molecule has 7 heteroatoms. The summed E-state index contributed by atoms with van der Waals surface area (Å²) in [6.07, 6.45) is 4.31. The fourth-order valence-electron chi connectivity index (χ4n) is 4.66. The van der Waals surface area contributed by atoms with Crippen molar-refractivity contribution in [3.63, 3.8) is 0 Å². The molecule has 2 aliphatic rings. The molecule has 4 heterocycles. The highest BCUT2D eigenvalue weighted by Gasteiger charge is 2.31. The van der Waals surface area contributed by atoms with Gasteiger partial charge in [0.15, 0.2) is 5.82 Å². The fourth-order valence-corrected chi connectivity index (χ4v) is 4.66. The molecule has 7 nitrogen and oxygen atoms in total. The molecule has 1 fully saturated rings. The van der Waals surface area contributed by atoms with Crippen LogP contribution in [0.5, 0.6) is 0 Å². The van der Waals surface area contributed by atoms with E-state index in [0.717, 1.165) is 25.0 Å². The van der Waals surface area contributed by atoms with E-state index in [1.807, 2.05) is 11.8 Å². The largest absolute Gasteiger partial charge is 0.467 e. The van der Waals surface area contributed by atoms with E-state index in [2.05, 4.69) is 46.2 Å². The quantitative estimate of drug-likeness (QED) is 0.653. The van der Waals surface area contributed by atoms with Gasteiger partial charge in [-0.3, -0.25) is 4.79 Å². The van der Waals surface area contributed by atoms with E-state index in [1.165, 1.54) is 11.3 Å². The third-order valence-electron chi connectivity index (χ3n) is 6.31. The highest BCUT2D eigenvalue weighted by atomic mass is 16.5. The lowest BCUT2D eigenvalue weighted by Gasteiger charge is -2.30. The van der Waals surface area contributed by atoms with Gasteiger partial charge in [-0.05, 0) is 50.8 Å². The Bertz CT molecular complexity index is 1050. The minimum absolute atomic E-state index is 0.0408. The summed E-state index contributed by atoms with van der Waals surface area (Å²) in [6, 6.07) is 10.6. The number of piperidine rings is 1. The van der Waals surface area contributed by atoms with Crippen LogP contribution < -0.4 is 4.90 Å². The summed E-state index contributed by atoms with van der Waals surface area (Å²) in [5.41, 5.74) is 3.25. The minimum Gasteiger partial charge on any atom is -0.467 e. The van der Waals surface area contributed by atoms with Crippen molar-refractivity contribution >= 4 is 11.6 Å². The van der Waals surface area contributed by atoms with E-state index >= 15 is 0 Å². The second kappa shape index (κ2) is 7.63. The lowest BCUT2D eigenvalue weighted by molar-refractivity contribution is 0.0702. The summed E-state index contributed by atoms with van der Waals surface area (Å²) < 4.78 is 11.1. The summed E-state index contributed by atoms with van der Waals surface area (Å²) in [5.74, 6) is 2.34. The Morgan fingerprint density at radius 2 is 2.00 bits per heavy atom. The number of carbonyl (C=O) groups excluding carboxylic acids is 1. The molecule has 5 rings (SSSR count). The van der Waals surface area contributed by atoms with Crippen molar-refractivity contribution in [3.05, 3.63) is 65.2 Å². The van der Waals surface area contributed by atoms with E-state index in [9.17, 15) is 4.79 Å². The molecule has 2 aromatic heterocycles. The first-order valence-corrected chi connectivity index (χ1v) is 10.6. The Labute approximate surface area is 175 Å². The molecule has 2 aliphatic heterocycles. The summed E-state index contributed by atoms with van der Waals surface area (Å²) in [5, 5.41) is 3.89. The third kappa shape index (κ3) is 3.38. The molecule has 0 bridgehead atoms. The highest BCUT2D eigenvalue weighted by Crippen LogP contribution is 2.34. The summed E-state index contributed by atoms with van der Waals surface area (Å²) in [4.78, 5) is 21.8. The van der Waals surface area contributed by atoms with Gasteiger partial charge in [0.05, 0.1) is 18.4 Å². The molecule has 156 valence electrons. The van der Waals surface area contributed by atoms with Gasteiger partial charge in [0.25, 0.3) is 5.91 Å². The summed E-state index contributed by atoms with van der Waals surface area (Å²) in [7, 11) is 0. The van der Waals surface area contributed by atoms with Crippen LogP contribution in [-0.4, -0.2) is 40.1 Å². The Morgan fingerprint density at radius 3 is 2.77 bits per heavy atom. The van der Waals surface area contributed by atoms with Crippen molar-refractivity contribution in [3.8, 4) is 0 Å². The molecular weight excluding hydrogens is 380 g/mol. The second-order valence-electron chi connectivity index (χ2n) is 8.31. The van der Waals surface area contributed by atoms with Gasteiger partial charge in [-0.2, -0.15) is 4.98 Å². The van der Waals surface area contributed by atoms with Crippen LogP contribution in [0.1, 0.15) is 59.1 Å². The fraction of sp³-hybridized carbons (Fsp3) is 0.435. The van der Waals surface area contributed by atoms with Gasteiger partial charge in [-0.25, -0.2) is 0 Å². The van der Waals surface area contributed by atoms with Gasteiger partial charge in [0.2, 0.25) is 5.89 Å². The van der Waals surface area contributed by atoms with Gasteiger partial charge < -0.3 is 18.7 Å². The minimum atomic E-state index is 0.0408.